The van der Waals surface area contributed by atoms with E-state index in [9.17, 15) is 9.59 Å². The number of amides is 2. The molecular weight excluding hydrogens is 490 g/mol. The molecule has 1 aliphatic heterocycles. The zero-order valence-corrected chi connectivity index (χ0v) is 22.4. The van der Waals surface area contributed by atoms with Gasteiger partial charge in [0.2, 0.25) is 17.6 Å². The Morgan fingerprint density at radius 3 is 2.38 bits per heavy atom. The maximum absolute atomic E-state index is 13.5. The molecule has 4 rings (SSSR count). The van der Waals surface area contributed by atoms with E-state index < -0.39 is 0 Å². The molecule has 2 amide bonds. The third kappa shape index (κ3) is 7.84. The number of nitrogens with zero attached hydrogens (tertiary/aromatic N) is 6. The first-order chi connectivity index (χ1) is 17.7. The van der Waals surface area contributed by atoms with Gasteiger partial charge in [-0.1, -0.05) is 41.9 Å². The van der Waals surface area contributed by atoms with Crippen molar-refractivity contribution in [1.29, 1.82) is 0 Å². The average Bonchev–Trinajstić information content (AvgIpc) is 3.31. The van der Waals surface area contributed by atoms with Crippen molar-refractivity contribution in [2.45, 2.75) is 58.3 Å². The highest BCUT2D eigenvalue weighted by molar-refractivity contribution is 6.30. The van der Waals surface area contributed by atoms with E-state index in [4.69, 9.17) is 11.6 Å². The lowest BCUT2D eigenvalue weighted by Crippen LogP contribution is -2.53. The number of hydrogen-bond donors (Lipinski definition) is 1. The van der Waals surface area contributed by atoms with Gasteiger partial charge in [-0.25, -0.2) is 0 Å². The van der Waals surface area contributed by atoms with Crippen LogP contribution in [-0.2, 0) is 22.7 Å². The molecule has 1 saturated heterocycles. The highest BCUT2D eigenvalue weighted by Crippen LogP contribution is 2.20. The molecule has 2 aromatic carbocycles. The van der Waals surface area contributed by atoms with E-state index in [1.165, 1.54) is 10.4 Å². The first-order valence-electron chi connectivity index (χ1n) is 12.6. The van der Waals surface area contributed by atoms with Crippen LogP contribution in [0.3, 0.4) is 0 Å². The van der Waals surface area contributed by atoms with Crippen molar-refractivity contribution in [2.24, 2.45) is 0 Å². The molecule has 10 heteroatoms. The van der Waals surface area contributed by atoms with Crippen molar-refractivity contribution in [3.8, 4) is 11.4 Å². The number of carbonyl (C=O) groups is 2. The number of tetrazole rings is 1. The van der Waals surface area contributed by atoms with Crippen LogP contribution in [0.4, 0.5) is 0 Å². The average molecular weight is 524 g/mol. The van der Waals surface area contributed by atoms with Crippen molar-refractivity contribution in [3.05, 3.63) is 65.2 Å². The monoisotopic (exact) mass is 523 g/mol. The fraction of sp³-hybridized carbons (Fsp3) is 0.444. The Morgan fingerprint density at radius 2 is 1.73 bits per heavy atom. The van der Waals surface area contributed by atoms with Gasteiger partial charge in [-0.15, -0.1) is 10.2 Å². The Kier molecular flexibility index (Phi) is 8.56. The van der Waals surface area contributed by atoms with Crippen LogP contribution in [-0.4, -0.2) is 73.0 Å². The van der Waals surface area contributed by atoms with Crippen LogP contribution < -0.4 is 5.32 Å². The summed E-state index contributed by atoms with van der Waals surface area (Å²) >= 11 is 5.97. The first kappa shape index (κ1) is 26.8. The van der Waals surface area contributed by atoms with E-state index in [2.05, 4.69) is 37.8 Å². The maximum Gasteiger partial charge on any atom is 0.246 e. The largest absolute Gasteiger partial charge is 0.350 e. The molecule has 1 aliphatic rings. The molecule has 1 N–H and O–H groups in total. The van der Waals surface area contributed by atoms with Gasteiger partial charge in [0.05, 0.1) is 6.54 Å². The topological polar surface area (TPSA) is 96.2 Å². The van der Waals surface area contributed by atoms with Gasteiger partial charge >= 0.3 is 0 Å². The molecule has 0 aliphatic carbocycles. The lowest BCUT2D eigenvalue weighted by atomic mass is 10.0. The van der Waals surface area contributed by atoms with E-state index in [0.29, 0.717) is 10.8 Å². The van der Waals surface area contributed by atoms with Crippen LogP contribution in [0.1, 0.15) is 39.2 Å². The molecule has 196 valence electrons. The number of hydrogen-bond acceptors (Lipinski definition) is 6. The smallest absolute Gasteiger partial charge is 0.246 e. The maximum atomic E-state index is 13.5. The molecule has 0 bridgehead atoms. The molecule has 1 fully saturated rings. The SMILES string of the molecule is CC(C)(C)NC(=O)CN(C(=O)Cn1nnc(-c2ccc(Cl)cc2)n1)C1CCN(Cc2ccccc2)CC1. The summed E-state index contributed by atoms with van der Waals surface area (Å²) in [6, 6.07) is 17.4. The summed E-state index contributed by atoms with van der Waals surface area (Å²) in [5.41, 5.74) is 1.65. The second-order valence-electron chi connectivity index (χ2n) is 10.5. The molecule has 9 nitrogen and oxygen atoms in total. The van der Waals surface area contributed by atoms with Crippen molar-refractivity contribution < 1.29 is 9.59 Å². The Balaban J connectivity index is 1.43. The molecule has 2 heterocycles. The van der Waals surface area contributed by atoms with Crippen molar-refractivity contribution in [1.82, 2.24) is 35.3 Å². The number of benzene rings is 2. The molecule has 0 saturated carbocycles. The van der Waals surface area contributed by atoms with Crippen molar-refractivity contribution in [2.75, 3.05) is 19.6 Å². The molecule has 0 spiro atoms. The fourth-order valence-corrected chi connectivity index (χ4v) is 4.63. The molecule has 37 heavy (non-hydrogen) atoms. The van der Waals surface area contributed by atoms with Gasteiger partial charge in [-0.05, 0) is 68.7 Å². The number of halogens is 1. The van der Waals surface area contributed by atoms with Crippen LogP contribution >= 0.6 is 11.6 Å². The quantitative estimate of drug-likeness (QED) is 0.486. The number of nitrogens with one attached hydrogen (secondary N) is 1. The summed E-state index contributed by atoms with van der Waals surface area (Å²) in [6.45, 7) is 8.28. The normalized spacial score (nSPS) is 14.9. The third-order valence-electron chi connectivity index (χ3n) is 6.23. The minimum atomic E-state index is -0.383. The number of likely N-dealkylation sites (tertiary alicyclic amines) is 1. The predicted molar refractivity (Wildman–Crippen MR) is 143 cm³/mol. The summed E-state index contributed by atoms with van der Waals surface area (Å²) < 4.78 is 0. The van der Waals surface area contributed by atoms with E-state index >= 15 is 0 Å². The first-order valence-corrected chi connectivity index (χ1v) is 12.9. The van der Waals surface area contributed by atoms with Crippen LogP contribution in [0.2, 0.25) is 5.02 Å². The number of rotatable bonds is 8. The van der Waals surface area contributed by atoms with Gasteiger partial charge in [0.25, 0.3) is 0 Å². The third-order valence-corrected chi connectivity index (χ3v) is 6.48. The Bertz CT molecular complexity index is 1180. The van der Waals surface area contributed by atoms with E-state index in [1.54, 1.807) is 29.2 Å². The molecule has 0 radical (unpaired) electrons. The minimum Gasteiger partial charge on any atom is -0.350 e. The van der Waals surface area contributed by atoms with Gasteiger partial charge < -0.3 is 10.2 Å². The molecule has 0 atom stereocenters. The highest BCUT2D eigenvalue weighted by Gasteiger charge is 2.31. The van der Waals surface area contributed by atoms with E-state index in [1.807, 2.05) is 39.0 Å². The zero-order chi connectivity index (χ0) is 26.4. The Morgan fingerprint density at radius 1 is 1.05 bits per heavy atom. The Hall–Kier alpha value is -3.30. The number of carbonyl (C=O) groups excluding carboxylic acids is 2. The summed E-state index contributed by atoms with van der Waals surface area (Å²) in [4.78, 5) is 31.6. The summed E-state index contributed by atoms with van der Waals surface area (Å²) in [5, 5.41) is 16.1. The van der Waals surface area contributed by atoms with Crippen molar-refractivity contribution >= 4 is 23.4 Å². The van der Waals surface area contributed by atoms with E-state index in [0.717, 1.165) is 38.0 Å². The number of piperidine rings is 1. The van der Waals surface area contributed by atoms with Gasteiger partial charge in [-0.3, -0.25) is 14.5 Å². The molecular formula is C27H34ClN7O2. The van der Waals surface area contributed by atoms with Gasteiger partial charge in [0.15, 0.2) is 0 Å². The molecule has 3 aromatic rings. The summed E-state index contributed by atoms with van der Waals surface area (Å²) in [5.74, 6) is 0.0299. The van der Waals surface area contributed by atoms with Crippen LogP contribution in [0, 0.1) is 0 Å². The van der Waals surface area contributed by atoms with Crippen LogP contribution in [0.25, 0.3) is 11.4 Å². The lowest BCUT2D eigenvalue weighted by Gasteiger charge is -2.38. The Labute approximate surface area is 222 Å². The summed E-state index contributed by atoms with van der Waals surface area (Å²) in [6.07, 6.45) is 1.59. The van der Waals surface area contributed by atoms with Crippen molar-refractivity contribution in [3.63, 3.8) is 0 Å². The highest BCUT2D eigenvalue weighted by atomic mass is 35.5. The van der Waals surface area contributed by atoms with Gasteiger partial charge in [-0.2, -0.15) is 4.80 Å². The fourth-order valence-electron chi connectivity index (χ4n) is 4.50. The predicted octanol–water partition coefficient (Wildman–Crippen LogP) is 3.40. The summed E-state index contributed by atoms with van der Waals surface area (Å²) in [7, 11) is 0. The zero-order valence-electron chi connectivity index (χ0n) is 21.6. The molecule has 1 aromatic heterocycles. The van der Waals surface area contributed by atoms with Crippen LogP contribution in [0.15, 0.2) is 54.6 Å². The second-order valence-corrected chi connectivity index (χ2v) is 10.9. The van der Waals surface area contributed by atoms with Gasteiger partial charge in [0, 0.05) is 41.8 Å². The lowest BCUT2D eigenvalue weighted by molar-refractivity contribution is -0.140. The van der Waals surface area contributed by atoms with Gasteiger partial charge in [0.1, 0.15) is 6.54 Å². The standard InChI is InChI=1S/C27H34ClN7O2/c1-27(2,3)29-24(36)18-34(23-13-15-33(16-14-23)17-20-7-5-4-6-8-20)25(37)19-35-31-26(30-32-35)21-9-11-22(28)12-10-21/h4-12,23H,13-19H2,1-3H3,(H,29,36). The molecule has 0 unspecified atom stereocenters. The second kappa shape index (κ2) is 11.8. The van der Waals surface area contributed by atoms with E-state index in [-0.39, 0.29) is 36.5 Å². The van der Waals surface area contributed by atoms with Crippen LogP contribution in [0.5, 0.6) is 0 Å². The number of aromatic nitrogens is 4. The minimum absolute atomic E-state index is 0.00179.